The highest BCUT2D eigenvalue weighted by Crippen LogP contribution is 2.29. The average Bonchev–Trinajstić information content (AvgIpc) is 2.91. The van der Waals surface area contributed by atoms with Crippen LogP contribution in [0, 0.1) is 0 Å². The summed E-state index contributed by atoms with van der Waals surface area (Å²) in [5.41, 5.74) is 0.473. The molecule has 2 aliphatic rings. The van der Waals surface area contributed by atoms with Crippen LogP contribution in [0.5, 0.6) is 0 Å². The minimum atomic E-state index is 0.0129. The molecule has 0 radical (unpaired) electrons. The Morgan fingerprint density at radius 1 is 1.47 bits per heavy atom. The standard InChI is InChI=1S/C11H15N3O2S/c15-11(8-7-12-17-13-8)14-5-6-16-10-4-2-1-3-9(10)14/h7,9-10H,1-6H2/t9-,10+/m1/s1. The molecule has 3 rings (SSSR count). The number of morpholine rings is 1. The lowest BCUT2D eigenvalue weighted by molar-refractivity contribution is -0.0754. The molecule has 1 aliphatic carbocycles. The molecule has 1 saturated heterocycles. The Kier molecular flexibility index (Phi) is 3.07. The van der Waals surface area contributed by atoms with Crippen molar-refractivity contribution >= 4 is 17.6 Å². The average molecular weight is 253 g/mol. The molecule has 1 saturated carbocycles. The summed E-state index contributed by atoms with van der Waals surface area (Å²) in [5.74, 6) is 0.0129. The predicted molar refractivity (Wildman–Crippen MR) is 62.9 cm³/mol. The summed E-state index contributed by atoms with van der Waals surface area (Å²) in [5, 5.41) is 0. The normalized spacial score (nSPS) is 28.8. The monoisotopic (exact) mass is 253 g/mol. The first-order valence-electron chi connectivity index (χ1n) is 6.06. The quantitative estimate of drug-likeness (QED) is 0.757. The number of rotatable bonds is 1. The van der Waals surface area contributed by atoms with Crippen molar-refractivity contribution in [3.63, 3.8) is 0 Å². The first-order chi connectivity index (χ1) is 8.36. The first-order valence-corrected chi connectivity index (χ1v) is 6.79. The number of fused-ring (bicyclic) bond motifs is 1. The van der Waals surface area contributed by atoms with E-state index in [9.17, 15) is 4.79 Å². The second-order valence-corrected chi connectivity index (χ2v) is 5.11. The van der Waals surface area contributed by atoms with Crippen molar-refractivity contribution in [2.24, 2.45) is 0 Å². The molecule has 1 aromatic rings. The van der Waals surface area contributed by atoms with Crippen LogP contribution in [-0.2, 0) is 4.74 Å². The van der Waals surface area contributed by atoms with Crippen LogP contribution in [0.3, 0.4) is 0 Å². The van der Waals surface area contributed by atoms with Gasteiger partial charge < -0.3 is 9.64 Å². The van der Waals surface area contributed by atoms with Crippen LogP contribution in [0.2, 0.25) is 0 Å². The van der Waals surface area contributed by atoms with Gasteiger partial charge in [-0.25, -0.2) is 0 Å². The van der Waals surface area contributed by atoms with Gasteiger partial charge in [-0.1, -0.05) is 12.8 Å². The fourth-order valence-corrected chi connectivity index (χ4v) is 3.16. The van der Waals surface area contributed by atoms with Gasteiger partial charge in [0.25, 0.3) is 5.91 Å². The Balaban J connectivity index is 1.79. The van der Waals surface area contributed by atoms with Gasteiger partial charge in [-0.15, -0.1) is 0 Å². The maximum atomic E-state index is 12.3. The van der Waals surface area contributed by atoms with Gasteiger partial charge in [0.1, 0.15) is 0 Å². The maximum Gasteiger partial charge on any atom is 0.275 e. The third-order valence-corrected chi connectivity index (χ3v) is 4.05. The summed E-state index contributed by atoms with van der Waals surface area (Å²) in [6.45, 7) is 1.32. The van der Waals surface area contributed by atoms with Crippen molar-refractivity contribution in [2.75, 3.05) is 13.2 Å². The zero-order chi connectivity index (χ0) is 11.7. The smallest absolute Gasteiger partial charge is 0.275 e. The number of hydrogen-bond donors (Lipinski definition) is 0. The van der Waals surface area contributed by atoms with E-state index < -0.39 is 0 Å². The molecule has 17 heavy (non-hydrogen) atoms. The maximum absolute atomic E-state index is 12.3. The van der Waals surface area contributed by atoms with E-state index >= 15 is 0 Å². The topological polar surface area (TPSA) is 55.3 Å². The van der Waals surface area contributed by atoms with Gasteiger partial charge in [-0.3, -0.25) is 4.79 Å². The van der Waals surface area contributed by atoms with E-state index in [0.717, 1.165) is 24.6 Å². The van der Waals surface area contributed by atoms with Crippen LogP contribution in [0.4, 0.5) is 0 Å². The molecule has 0 aromatic carbocycles. The van der Waals surface area contributed by atoms with E-state index in [1.807, 2.05) is 4.90 Å². The molecule has 92 valence electrons. The van der Waals surface area contributed by atoms with E-state index in [1.165, 1.54) is 12.8 Å². The number of ether oxygens (including phenoxy) is 1. The number of amides is 1. The molecular weight excluding hydrogens is 238 g/mol. The number of hydrogen-bond acceptors (Lipinski definition) is 5. The van der Waals surface area contributed by atoms with Gasteiger partial charge in [-0.05, 0) is 12.8 Å². The molecule has 2 fully saturated rings. The zero-order valence-electron chi connectivity index (χ0n) is 9.54. The molecule has 2 heterocycles. The minimum Gasteiger partial charge on any atom is -0.374 e. The third-order valence-electron chi connectivity index (χ3n) is 3.57. The summed E-state index contributed by atoms with van der Waals surface area (Å²) < 4.78 is 13.7. The van der Waals surface area contributed by atoms with Crippen molar-refractivity contribution in [1.82, 2.24) is 13.6 Å². The Morgan fingerprint density at radius 2 is 2.35 bits per heavy atom. The van der Waals surface area contributed by atoms with Crippen molar-refractivity contribution in [3.05, 3.63) is 11.9 Å². The van der Waals surface area contributed by atoms with Crippen LogP contribution in [0.1, 0.15) is 36.2 Å². The number of nitrogens with zero attached hydrogens (tertiary/aromatic N) is 3. The number of carbonyl (C=O) groups is 1. The second kappa shape index (κ2) is 4.70. The van der Waals surface area contributed by atoms with Crippen LogP contribution in [-0.4, -0.2) is 44.9 Å². The van der Waals surface area contributed by atoms with E-state index in [4.69, 9.17) is 4.74 Å². The number of carbonyl (C=O) groups excluding carboxylic acids is 1. The van der Waals surface area contributed by atoms with Crippen LogP contribution in [0.25, 0.3) is 0 Å². The van der Waals surface area contributed by atoms with Gasteiger partial charge in [0.15, 0.2) is 5.69 Å². The molecule has 1 aliphatic heterocycles. The summed E-state index contributed by atoms with van der Waals surface area (Å²) in [6.07, 6.45) is 6.30. The fourth-order valence-electron chi connectivity index (χ4n) is 2.75. The van der Waals surface area contributed by atoms with Crippen molar-refractivity contribution in [2.45, 2.75) is 37.8 Å². The van der Waals surface area contributed by atoms with Crippen molar-refractivity contribution < 1.29 is 9.53 Å². The Bertz CT molecular complexity index is 393. The van der Waals surface area contributed by atoms with Gasteiger partial charge >= 0.3 is 0 Å². The largest absolute Gasteiger partial charge is 0.374 e. The SMILES string of the molecule is O=C(c1cnsn1)N1CCO[C@H]2CCCC[C@H]21. The van der Waals surface area contributed by atoms with Crippen LogP contribution < -0.4 is 0 Å². The molecule has 0 spiro atoms. The molecule has 2 atom stereocenters. The third kappa shape index (κ3) is 2.07. The summed E-state index contributed by atoms with van der Waals surface area (Å²) >= 11 is 1.08. The lowest BCUT2D eigenvalue weighted by Crippen LogP contribution is -2.54. The van der Waals surface area contributed by atoms with Gasteiger partial charge in [0, 0.05) is 6.54 Å². The highest BCUT2D eigenvalue weighted by atomic mass is 32.1. The van der Waals surface area contributed by atoms with E-state index in [1.54, 1.807) is 6.20 Å². The Hall–Kier alpha value is -1.01. The fraction of sp³-hybridized carbons (Fsp3) is 0.727. The summed E-state index contributed by atoms with van der Waals surface area (Å²) in [4.78, 5) is 14.2. The van der Waals surface area contributed by atoms with Crippen molar-refractivity contribution in [3.8, 4) is 0 Å². The molecule has 0 N–H and O–H groups in total. The highest BCUT2D eigenvalue weighted by molar-refractivity contribution is 6.99. The van der Waals surface area contributed by atoms with Crippen LogP contribution in [0.15, 0.2) is 6.20 Å². The minimum absolute atomic E-state index is 0.0129. The molecule has 0 unspecified atom stereocenters. The summed E-state index contributed by atoms with van der Waals surface area (Å²) in [7, 11) is 0. The Morgan fingerprint density at radius 3 is 3.18 bits per heavy atom. The lowest BCUT2D eigenvalue weighted by atomic mass is 9.90. The molecule has 6 heteroatoms. The lowest BCUT2D eigenvalue weighted by Gasteiger charge is -2.43. The van der Waals surface area contributed by atoms with Gasteiger partial charge in [0.05, 0.1) is 36.7 Å². The zero-order valence-corrected chi connectivity index (χ0v) is 10.4. The first kappa shape index (κ1) is 11.1. The Labute approximate surface area is 104 Å². The molecule has 5 nitrogen and oxygen atoms in total. The second-order valence-electron chi connectivity index (χ2n) is 4.55. The molecular formula is C11H15N3O2S. The molecule has 1 amide bonds. The van der Waals surface area contributed by atoms with E-state index in [-0.39, 0.29) is 18.1 Å². The highest BCUT2D eigenvalue weighted by Gasteiger charge is 2.37. The van der Waals surface area contributed by atoms with Crippen molar-refractivity contribution in [1.29, 1.82) is 0 Å². The van der Waals surface area contributed by atoms with E-state index in [2.05, 4.69) is 8.75 Å². The molecule has 1 aromatic heterocycles. The predicted octanol–water partition coefficient (Wildman–Crippen LogP) is 1.32. The van der Waals surface area contributed by atoms with Gasteiger partial charge in [-0.2, -0.15) is 8.75 Å². The van der Waals surface area contributed by atoms with Gasteiger partial charge in [0.2, 0.25) is 0 Å². The van der Waals surface area contributed by atoms with E-state index in [0.29, 0.717) is 18.8 Å². The van der Waals surface area contributed by atoms with Crippen LogP contribution >= 0.6 is 11.7 Å². The summed E-state index contributed by atoms with van der Waals surface area (Å²) in [6, 6.07) is 0.242. The number of aromatic nitrogens is 2. The molecule has 0 bridgehead atoms.